The van der Waals surface area contributed by atoms with E-state index in [0.717, 1.165) is 22.4 Å². The average Bonchev–Trinajstić information content (AvgIpc) is 3.02. The first kappa shape index (κ1) is 26.3. The van der Waals surface area contributed by atoms with E-state index in [9.17, 15) is 14.7 Å². The monoisotopic (exact) mass is 497 g/mol. The van der Waals surface area contributed by atoms with Crippen LogP contribution >= 0.6 is 0 Å². The SMILES string of the molecule is CC(C)CC(C(=O)NC1N=C(c2ccccc2)c2ccccc2N(C)C1=O)C(O)CCc1ccccc1. The number of nitrogens with zero attached hydrogens (tertiary/aromatic N) is 2. The average molecular weight is 498 g/mol. The Morgan fingerprint density at radius 3 is 2.27 bits per heavy atom. The number of carbonyl (C=O) groups excluding carboxylic acids is 2. The van der Waals surface area contributed by atoms with Crippen LogP contribution in [0, 0.1) is 11.8 Å². The number of aryl methyl sites for hydroxylation is 1. The lowest BCUT2D eigenvalue weighted by Crippen LogP contribution is -2.49. The highest BCUT2D eigenvalue weighted by molar-refractivity contribution is 6.20. The zero-order valence-corrected chi connectivity index (χ0v) is 21.7. The van der Waals surface area contributed by atoms with Gasteiger partial charge in [0.15, 0.2) is 0 Å². The van der Waals surface area contributed by atoms with Gasteiger partial charge in [-0.05, 0) is 36.8 Å². The smallest absolute Gasteiger partial charge is 0.272 e. The second-order valence-electron chi connectivity index (χ2n) is 10.00. The number of nitrogens with one attached hydrogen (secondary N) is 1. The van der Waals surface area contributed by atoms with Crippen LogP contribution in [0.4, 0.5) is 5.69 Å². The van der Waals surface area contributed by atoms with E-state index in [2.05, 4.69) is 5.32 Å². The molecular formula is C31H35N3O3. The van der Waals surface area contributed by atoms with Crippen molar-refractivity contribution in [1.29, 1.82) is 0 Å². The number of para-hydroxylation sites is 1. The summed E-state index contributed by atoms with van der Waals surface area (Å²) in [7, 11) is 1.70. The van der Waals surface area contributed by atoms with Crippen LogP contribution in [0.1, 0.15) is 43.4 Å². The van der Waals surface area contributed by atoms with Crippen molar-refractivity contribution in [3.63, 3.8) is 0 Å². The Balaban J connectivity index is 1.61. The van der Waals surface area contributed by atoms with Crippen molar-refractivity contribution in [2.24, 2.45) is 16.8 Å². The van der Waals surface area contributed by atoms with E-state index < -0.39 is 18.2 Å². The number of rotatable bonds is 9. The van der Waals surface area contributed by atoms with Gasteiger partial charge in [0.05, 0.1) is 23.4 Å². The minimum Gasteiger partial charge on any atom is -0.392 e. The summed E-state index contributed by atoms with van der Waals surface area (Å²) in [6, 6.07) is 27.2. The highest BCUT2D eigenvalue weighted by Gasteiger charge is 2.34. The maximum absolute atomic E-state index is 13.6. The zero-order chi connectivity index (χ0) is 26.4. The van der Waals surface area contributed by atoms with Gasteiger partial charge in [-0.2, -0.15) is 0 Å². The molecule has 0 saturated heterocycles. The summed E-state index contributed by atoms with van der Waals surface area (Å²) < 4.78 is 0. The maximum Gasteiger partial charge on any atom is 0.272 e. The molecule has 0 saturated carbocycles. The lowest BCUT2D eigenvalue weighted by atomic mass is 9.88. The van der Waals surface area contributed by atoms with Crippen LogP contribution in [0.15, 0.2) is 89.9 Å². The quantitative estimate of drug-likeness (QED) is 0.453. The van der Waals surface area contributed by atoms with Crippen molar-refractivity contribution < 1.29 is 14.7 Å². The molecule has 0 fully saturated rings. The van der Waals surface area contributed by atoms with Gasteiger partial charge in [-0.15, -0.1) is 0 Å². The van der Waals surface area contributed by atoms with Crippen molar-refractivity contribution in [2.45, 2.75) is 45.4 Å². The number of fused-ring (bicyclic) bond motifs is 1. The van der Waals surface area contributed by atoms with Crippen molar-refractivity contribution in [2.75, 3.05) is 11.9 Å². The standard InChI is InChI=1S/C31H35N3O3/c1-21(2)20-25(27(35)19-18-22-12-6-4-7-13-22)30(36)33-29-31(37)34(3)26-17-11-10-16-24(26)28(32-29)23-14-8-5-9-15-23/h4-17,21,25,27,29,35H,18-20H2,1-3H3,(H,33,36). The highest BCUT2D eigenvalue weighted by Crippen LogP contribution is 2.28. The van der Waals surface area contributed by atoms with Gasteiger partial charge in [-0.1, -0.05) is 92.7 Å². The third kappa shape index (κ3) is 6.33. The molecule has 0 radical (unpaired) electrons. The van der Waals surface area contributed by atoms with Crippen molar-refractivity contribution >= 4 is 23.2 Å². The molecule has 4 rings (SSSR count). The fourth-order valence-electron chi connectivity index (χ4n) is 4.79. The van der Waals surface area contributed by atoms with Crippen molar-refractivity contribution in [3.05, 3.63) is 102 Å². The summed E-state index contributed by atoms with van der Waals surface area (Å²) >= 11 is 0. The summed E-state index contributed by atoms with van der Waals surface area (Å²) in [4.78, 5) is 33.4. The molecule has 37 heavy (non-hydrogen) atoms. The molecule has 2 N–H and O–H groups in total. The van der Waals surface area contributed by atoms with E-state index in [1.54, 1.807) is 11.9 Å². The number of likely N-dealkylation sites (N-methyl/N-ethyl adjacent to an activating group) is 1. The van der Waals surface area contributed by atoms with Gasteiger partial charge in [0, 0.05) is 18.2 Å². The minimum atomic E-state index is -1.10. The maximum atomic E-state index is 13.6. The zero-order valence-electron chi connectivity index (χ0n) is 21.7. The van der Waals surface area contributed by atoms with E-state index >= 15 is 0 Å². The van der Waals surface area contributed by atoms with Crippen molar-refractivity contribution in [1.82, 2.24) is 5.32 Å². The van der Waals surface area contributed by atoms with Crippen LogP contribution in [0.5, 0.6) is 0 Å². The second-order valence-corrected chi connectivity index (χ2v) is 10.00. The molecule has 192 valence electrons. The second kappa shape index (κ2) is 12.0. The summed E-state index contributed by atoms with van der Waals surface area (Å²) in [6.07, 6.45) is -0.307. The lowest BCUT2D eigenvalue weighted by Gasteiger charge is -2.26. The van der Waals surface area contributed by atoms with Crippen LogP contribution in [-0.2, 0) is 16.0 Å². The third-order valence-corrected chi connectivity index (χ3v) is 6.77. The van der Waals surface area contributed by atoms with Crippen LogP contribution < -0.4 is 10.2 Å². The van der Waals surface area contributed by atoms with Crippen molar-refractivity contribution in [3.8, 4) is 0 Å². The molecule has 1 aliphatic heterocycles. The number of aliphatic hydroxyl groups is 1. The third-order valence-electron chi connectivity index (χ3n) is 6.77. The van der Waals surface area contributed by atoms with Crippen LogP contribution in [0.2, 0.25) is 0 Å². The largest absolute Gasteiger partial charge is 0.392 e. The first-order chi connectivity index (χ1) is 17.8. The van der Waals surface area contributed by atoms with E-state index in [1.165, 1.54) is 0 Å². The first-order valence-corrected chi connectivity index (χ1v) is 12.9. The Morgan fingerprint density at radius 1 is 0.973 bits per heavy atom. The molecule has 0 aliphatic carbocycles. The van der Waals surface area contributed by atoms with Crippen LogP contribution in [0.3, 0.4) is 0 Å². The topological polar surface area (TPSA) is 82.0 Å². The van der Waals surface area contributed by atoms with E-state index in [1.807, 2.05) is 98.8 Å². The summed E-state index contributed by atoms with van der Waals surface area (Å²) in [6.45, 7) is 4.05. The van der Waals surface area contributed by atoms with Gasteiger partial charge in [0.25, 0.3) is 5.91 Å². The van der Waals surface area contributed by atoms with Crippen LogP contribution in [0.25, 0.3) is 0 Å². The number of aliphatic hydroxyl groups excluding tert-OH is 1. The van der Waals surface area contributed by atoms with Gasteiger partial charge in [-0.25, -0.2) is 4.99 Å². The van der Waals surface area contributed by atoms with Gasteiger partial charge >= 0.3 is 0 Å². The number of benzodiazepines with no additional fused rings is 1. The number of anilines is 1. The molecule has 3 aromatic rings. The van der Waals surface area contributed by atoms with Gasteiger partial charge in [0.1, 0.15) is 0 Å². The van der Waals surface area contributed by atoms with Gasteiger partial charge < -0.3 is 15.3 Å². The number of amides is 2. The fraction of sp³-hybridized carbons (Fsp3) is 0.323. The normalized spacial score (nSPS) is 17.0. The molecule has 1 aliphatic rings. The molecule has 3 aromatic carbocycles. The number of hydrogen-bond acceptors (Lipinski definition) is 4. The number of hydrogen-bond donors (Lipinski definition) is 2. The Kier molecular flexibility index (Phi) is 8.51. The van der Waals surface area contributed by atoms with E-state index in [4.69, 9.17) is 4.99 Å². The summed E-state index contributed by atoms with van der Waals surface area (Å²) in [5, 5.41) is 14.0. The molecule has 3 atom stereocenters. The van der Waals surface area contributed by atoms with E-state index in [-0.39, 0.29) is 17.7 Å². The summed E-state index contributed by atoms with van der Waals surface area (Å²) in [5.41, 5.74) is 4.17. The molecule has 1 heterocycles. The predicted molar refractivity (Wildman–Crippen MR) is 148 cm³/mol. The molecular weight excluding hydrogens is 462 g/mol. The Bertz CT molecular complexity index is 1240. The van der Waals surface area contributed by atoms with E-state index in [0.29, 0.717) is 25.0 Å². The number of aliphatic imine (C=N–C) groups is 1. The van der Waals surface area contributed by atoms with Gasteiger partial charge in [0.2, 0.25) is 12.1 Å². The lowest BCUT2D eigenvalue weighted by molar-refractivity contribution is -0.133. The molecule has 0 aromatic heterocycles. The Labute approximate surface area is 219 Å². The number of benzene rings is 3. The van der Waals surface area contributed by atoms with Crippen LogP contribution in [-0.4, -0.2) is 41.9 Å². The molecule has 3 unspecified atom stereocenters. The fourth-order valence-corrected chi connectivity index (χ4v) is 4.79. The summed E-state index contributed by atoms with van der Waals surface area (Å²) in [5.74, 6) is -1.14. The molecule has 6 heteroatoms. The molecule has 2 amide bonds. The number of carbonyl (C=O) groups is 2. The Morgan fingerprint density at radius 2 is 1.59 bits per heavy atom. The molecule has 0 spiro atoms. The van der Waals surface area contributed by atoms with Gasteiger partial charge in [-0.3, -0.25) is 9.59 Å². The predicted octanol–water partition coefficient (Wildman–Crippen LogP) is 4.60. The Hall–Kier alpha value is -3.77. The minimum absolute atomic E-state index is 0.197. The highest BCUT2D eigenvalue weighted by atomic mass is 16.3. The first-order valence-electron chi connectivity index (χ1n) is 12.9. The molecule has 6 nitrogen and oxygen atoms in total. The molecule has 0 bridgehead atoms.